The second-order valence-electron chi connectivity index (χ2n) is 5.57. The van der Waals surface area contributed by atoms with Gasteiger partial charge in [0.05, 0.1) is 12.3 Å². The molecular formula is C18H19N3O2S2. The number of thioether (sulfide) groups is 1. The van der Waals surface area contributed by atoms with Gasteiger partial charge in [-0.1, -0.05) is 6.07 Å². The molecule has 7 heteroatoms. The molecule has 0 aliphatic rings. The van der Waals surface area contributed by atoms with Gasteiger partial charge in [-0.15, -0.1) is 23.1 Å². The van der Waals surface area contributed by atoms with Gasteiger partial charge in [0.1, 0.15) is 9.71 Å². The topological polar surface area (TPSA) is 77.2 Å². The number of nitrogens with one attached hydrogen (secondary N) is 1. The fourth-order valence-corrected chi connectivity index (χ4v) is 4.21. The number of hydrogen-bond acceptors (Lipinski definition) is 6. The molecule has 3 aromatic rings. The van der Waals surface area contributed by atoms with Crippen LogP contribution in [0.2, 0.25) is 0 Å². The first-order valence-electron chi connectivity index (χ1n) is 7.66. The summed E-state index contributed by atoms with van der Waals surface area (Å²) in [6.07, 6.45) is 2.00. The molecule has 0 fully saturated rings. The summed E-state index contributed by atoms with van der Waals surface area (Å²) < 4.78 is 5.26. The van der Waals surface area contributed by atoms with E-state index in [1.807, 2.05) is 43.5 Å². The standard InChI is InChI=1S/C18H19N3O2S2/c1-10-7-11(9-23-2)14-15(19)16(25-18(14)20-10)17(22)21-12-5-4-6-13(8-12)24-3/h4-8H,9,19H2,1-3H3,(H,21,22). The number of rotatable bonds is 5. The fraction of sp³-hybridized carbons (Fsp3) is 0.222. The summed E-state index contributed by atoms with van der Waals surface area (Å²) in [5, 5.41) is 3.73. The van der Waals surface area contributed by atoms with Crippen molar-refractivity contribution in [3.63, 3.8) is 0 Å². The number of anilines is 2. The maximum atomic E-state index is 12.7. The van der Waals surface area contributed by atoms with Crippen molar-refractivity contribution in [3.05, 3.63) is 46.5 Å². The Hall–Kier alpha value is -2.09. The molecule has 0 spiro atoms. The van der Waals surface area contributed by atoms with E-state index in [1.165, 1.54) is 11.3 Å². The number of benzene rings is 1. The maximum absolute atomic E-state index is 12.7. The highest BCUT2D eigenvalue weighted by atomic mass is 32.2. The van der Waals surface area contributed by atoms with Gasteiger partial charge in [0.2, 0.25) is 0 Å². The fourth-order valence-electron chi connectivity index (χ4n) is 2.66. The minimum absolute atomic E-state index is 0.222. The van der Waals surface area contributed by atoms with Gasteiger partial charge in [-0.25, -0.2) is 4.98 Å². The second kappa shape index (κ2) is 7.43. The largest absolute Gasteiger partial charge is 0.397 e. The van der Waals surface area contributed by atoms with Gasteiger partial charge < -0.3 is 15.8 Å². The highest BCUT2D eigenvalue weighted by Crippen LogP contribution is 2.36. The number of nitrogens with zero attached hydrogens (tertiary/aromatic N) is 1. The van der Waals surface area contributed by atoms with Crippen molar-refractivity contribution in [3.8, 4) is 0 Å². The van der Waals surface area contributed by atoms with E-state index in [0.29, 0.717) is 17.2 Å². The van der Waals surface area contributed by atoms with Crippen molar-refractivity contribution in [1.29, 1.82) is 0 Å². The zero-order chi connectivity index (χ0) is 18.0. The average Bonchev–Trinajstić information content (AvgIpc) is 2.92. The summed E-state index contributed by atoms with van der Waals surface area (Å²) in [5.41, 5.74) is 9.30. The van der Waals surface area contributed by atoms with Crippen molar-refractivity contribution in [2.75, 3.05) is 24.4 Å². The normalized spacial score (nSPS) is 11.0. The Bertz CT molecular complexity index is 937. The van der Waals surface area contributed by atoms with E-state index in [-0.39, 0.29) is 5.91 Å². The molecule has 1 aromatic carbocycles. The lowest BCUT2D eigenvalue weighted by Crippen LogP contribution is -2.12. The third-order valence-corrected chi connectivity index (χ3v) is 5.57. The first-order chi connectivity index (χ1) is 12.0. The molecule has 0 aliphatic carbocycles. The molecule has 2 heterocycles. The van der Waals surface area contributed by atoms with E-state index < -0.39 is 0 Å². The molecule has 130 valence electrons. The van der Waals surface area contributed by atoms with Crippen molar-refractivity contribution in [2.24, 2.45) is 0 Å². The molecule has 2 aromatic heterocycles. The average molecular weight is 374 g/mol. The number of pyridine rings is 1. The summed E-state index contributed by atoms with van der Waals surface area (Å²) in [5.74, 6) is -0.222. The molecule has 0 atom stereocenters. The number of nitrogen functional groups attached to an aromatic ring is 1. The molecule has 25 heavy (non-hydrogen) atoms. The van der Waals surface area contributed by atoms with Gasteiger partial charge in [0, 0.05) is 28.8 Å². The van der Waals surface area contributed by atoms with Crippen LogP contribution in [0.1, 0.15) is 20.9 Å². The Morgan fingerprint density at radius 1 is 1.40 bits per heavy atom. The van der Waals surface area contributed by atoms with Crippen molar-refractivity contribution < 1.29 is 9.53 Å². The van der Waals surface area contributed by atoms with E-state index in [1.54, 1.807) is 18.9 Å². The molecule has 0 saturated carbocycles. The number of methoxy groups -OCH3 is 1. The van der Waals surface area contributed by atoms with Crippen LogP contribution in [0.3, 0.4) is 0 Å². The number of aryl methyl sites for hydroxylation is 1. The van der Waals surface area contributed by atoms with E-state index in [0.717, 1.165) is 32.1 Å². The number of aromatic nitrogens is 1. The van der Waals surface area contributed by atoms with Crippen molar-refractivity contribution >= 4 is 50.6 Å². The molecule has 5 nitrogen and oxygen atoms in total. The summed E-state index contributed by atoms with van der Waals surface area (Å²) in [7, 11) is 1.64. The second-order valence-corrected chi connectivity index (χ2v) is 7.45. The molecular weight excluding hydrogens is 354 g/mol. The lowest BCUT2D eigenvalue weighted by molar-refractivity contribution is 0.103. The Morgan fingerprint density at radius 3 is 2.92 bits per heavy atom. The number of carbonyl (C=O) groups excluding carboxylic acids is 1. The van der Waals surface area contributed by atoms with Crippen LogP contribution < -0.4 is 11.1 Å². The monoisotopic (exact) mass is 373 g/mol. The highest BCUT2D eigenvalue weighted by molar-refractivity contribution is 7.98. The van der Waals surface area contributed by atoms with Crippen molar-refractivity contribution in [1.82, 2.24) is 4.98 Å². The van der Waals surface area contributed by atoms with E-state index in [4.69, 9.17) is 10.5 Å². The maximum Gasteiger partial charge on any atom is 0.267 e. The number of nitrogens with two attached hydrogens (primary N) is 1. The minimum Gasteiger partial charge on any atom is -0.397 e. The van der Waals surface area contributed by atoms with Crippen LogP contribution in [-0.4, -0.2) is 24.3 Å². The van der Waals surface area contributed by atoms with Gasteiger partial charge in [-0.3, -0.25) is 4.79 Å². The predicted octanol–water partition coefficient (Wildman–Crippen LogP) is 4.31. The van der Waals surface area contributed by atoms with Crippen LogP contribution in [-0.2, 0) is 11.3 Å². The number of ether oxygens (including phenoxy) is 1. The third kappa shape index (κ3) is 3.63. The minimum atomic E-state index is -0.222. The zero-order valence-corrected chi connectivity index (χ0v) is 15.9. The van der Waals surface area contributed by atoms with E-state index >= 15 is 0 Å². The van der Waals surface area contributed by atoms with Gasteiger partial charge >= 0.3 is 0 Å². The Balaban J connectivity index is 1.99. The van der Waals surface area contributed by atoms with E-state index in [9.17, 15) is 4.79 Å². The third-order valence-electron chi connectivity index (χ3n) is 3.74. The number of thiophene rings is 1. The molecule has 0 radical (unpaired) electrons. The first-order valence-corrected chi connectivity index (χ1v) is 9.70. The number of hydrogen-bond donors (Lipinski definition) is 2. The Labute approximate surface area is 154 Å². The van der Waals surface area contributed by atoms with Crippen LogP contribution in [0.15, 0.2) is 35.2 Å². The summed E-state index contributed by atoms with van der Waals surface area (Å²) >= 11 is 2.93. The lowest BCUT2D eigenvalue weighted by Gasteiger charge is -2.06. The lowest BCUT2D eigenvalue weighted by atomic mass is 10.1. The van der Waals surface area contributed by atoms with Crippen molar-refractivity contribution in [2.45, 2.75) is 18.4 Å². The molecule has 0 unspecified atom stereocenters. The molecule has 1 amide bonds. The number of fused-ring (bicyclic) bond motifs is 1. The highest BCUT2D eigenvalue weighted by Gasteiger charge is 2.20. The smallest absolute Gasteiger partial charge is 0.267 e. The summed E-state index contributed by atoms with van der Waals surface area (Å²) in [6.45, 7) is 2.35. The molecule has 3 N–H and O–H groups in total. The van der Waals surface area contributed by atoms with Crippen LogP contribution in [0.5, 0.6) is 0 Å². The Kier molecular flexibility index (Phi) is 5.27. The van der Waals surface area contributed by atoms with Gasteiger partial charge in [0.25, 0.3) is 5.91 Å². The summed E-state index contributed by atoms with van der Waals surface area (Å²) in [4.78, 5) is 19.5. The van der Waals surface area contributed by atoms with Gasteiger partial charge in [-0.2, -0.15) is 0 Å². The molecule has 0 saturated heterocycles. The SMILES string of the molecule is COCc1cc(C)nc2sc(C(=O)Nc3cccc(SC)c3)c(N)c12. The van der Waals surface area contributed by atoms with Crippen LogP contribution in [0.25, 0.3) is 10.2 Å². The number of amides is 1. The zero-order valence-electron chi connectivity index (χ0n) is 14.3. The quantitative estimate of drug-likeness (QED) is 0.652. The molecule has 0 bridgehead atoms. The van der Waals surface area contributed by atoms with Gasteiger partial charge in [0.15, 0.2) is 0 Å². The molecule has 0 aliphatic heterocycles. The van der Waals surface area contributed by atoms with Gasteiger partial charge in [-0.05, 0) is 43.0 Å². The number of carbonyl (C=O) groups is 1. The summed E-state index contributed by atoms with van der Waals surface area (Å²) in [6, 6.07) is 9.65. The Morgan fingerprint density at radius 2 is 2.20 bits per heavy atom. The van der Waals surface area contributed by atoms with Crippen LogP contribution in [0, 0.1) is 6.92 Å². The van der Waals surface area contributed by atoms with Crippen LogP contribution >= 0.6 is 23.1 Å². The van der Waals surface area contributed by atoms with Crippen LogP contribution in [0.4, 0.5) is 11.4 Å². The van der Waals surface area contributed by atoms with E-state index in [2.05, 4.69) is 10.3 Å². The first kappa shape index (κ1) is 17.7. The molecule has 3 rings (SSSR count). The predicted molar refractivity (Wildman–Crippen MR) is 106 cm³/mol.